The summed E-state index contributed by atoms with van der Waals surface area (Å²) < 4.78 is 48.9. The van der Waals surface area contributed by atoms with Crippen LogP contribution in [0, 0.1) is 0 Å². The molecule has 6 aromatic rings. The van der Waals surface area contributed by atoms with Crippen LogP contribution >= 0.6 is 35.3 Å². The van der Waals surface area contributed by atoms with E-state index in [0.29, 0.717) is 27.1 Å². The molecule has 1 aliphatic rings. The van der Waals surface area contributed by atoms with Gasteiger partial charge in [-0.25, -0.2) is 4.98 Å². The van der Waals surface area contributed by atoms with E-state index >= 15 is 0 Å². The molecule has 1 atom stereocenters. The number of amides is 1. The number of aliphatic hydroxyl groups is 1. The van der Waals surface area contributed by atoms with Crippen molar-refractivity contribution in [2.24, 2.45) is 0 Å². The lowest BCUT2D eigenvalue weighted by Gasteiger charge is -2.36. The molecule has 0 radical (unpaired) electrons. The maximum atomic E-state index is 13.7. The first kappa shape index (κ1) is 37.6. The molecule has 0 aliphatic carbocycles. The van der Waals surface area contributed by atoms with Gasteiger partial charge in [0, 0.05) is 70.9 Å². The highest BCUT2D eigenvalue weighted by Crippen LogP contribution is 2.42. The van der Waals surface area contributed by atoms with Crippen LogP contribution < -0.4 is 14.4 Å². The molecule has 278 valence electrons. The number of thioether (sulfide) groups is 1. The molecule has 1 saturated heterocycles. The fourth-order valence-corrected chi connectivity index (χ4v) is 7.98. The molecule has 1 aliphatic heterocycles. The molecule has 0 bridgehead atoms. The minimum Gasteiger partial charge on any atom is -0.455 e. The van der Waals surface area contributed by atoms with E-state index in [0.717, 1.165) is 61.3 Å². The number of carbonyl (C=O) groups excluding carboxylic acids is 1. The van der Waals surface area contributed by atoms with Gasteiger partial charge in [0.25, 0.3) is 5.91 Å². The third-order valence-corrected chi connectivity index (χ3v) is 10.9. The summed E-state index contributed by atoms with van der Waals surface area (Å²) in [6.45, 7) is 5.34. The molecule has 54 heavy (non-hydrogen) atoms. The van der Waals surface area contributed by atoms with Crippen LogP contribution in [0.15, 0.2) is 119 Å². The number of halogens is 4. The first-order valence-electron chi connectivity index (χ1n) is 17.1. The van der Waals surface area contributed by atoms with Crippen molar-refractivity contribution in [2.75, 3.05) is 31.1 Å². The Morgan fingerprint density at radius 1 is 1.00 bits per heavy atom. The van der Waals surface area contributed by atoms with Gasteiger partial charge in [-0.1, -0.05) is 54.1 Å². The van der Waals surface area contributed by atoms with Crippen LogP contribution in [-0.2, 0) is 6.54 Å². The second-order valence-corrected chi connectivity index (χ2v) is 15.2. The van der Waals surface area contributed by atoms with Crippen molar-refractivity contribution in [1.82, 2.24) is 19.6 Å². The Hall–Kier alpha value is -4.66. The third-order valence-electron chi connectivity index (χ3n) is 9.04. The van der Waals surface area contributed by atoms with Crippen molar-refractivity contribution in [3.8, 4) is 22.6 Å². The Balaban J connectivity index is 1.08. The third kappa shape index (κ3) is 9.16. The molecule has 1 fully saturated rings. The molecular formula is C40H35ClF3N5O3S2. The zero-order valence-corrected chi connectivity index (χ0v) is 31.3. The second kappa shape index (κ2) is 16.4. The largest absolute Gasteiger partial charge is 0.455 e. The minimum atomic E-state index is -4.54. The number of piperazine rings is 1. The molecule has 1 amide bonds. The van der Waals surface area contributed by atoms with E-state index in [1.165, 1.54) is 30.2 Å². The normalized spacial score (nSPS) is 14.3. The Bertz CT molecular complexity index is 2260. The average molecular weight is 790 g/mol. The Labute approximate surface area is 323 Å². The number of hydrogen-bond acceptors (Lipinski definition) is 8. The number of aromatic nitrogens is 2. The molecule has 3 heterocycles. The van der Waals surface area contributed by atoms with Crippen molar-refractivity contribution in [3.05, 3.63) is 131 Å². The van der Waals surface area contributed by atoms with Gasteiger partial charge in [-0.15, -0.1) is 0 Å². The number of H-pyrrole nitrogens is 1. The topological polar surface area (TPSA) is 93.7 Å². The highest BCUT2D eigenvalue weighted by atomic mass is 35.5. The van der Waals surface area contributed by atoms with Gasteiger partial charge in [-0.2, -0.15) is 13.2 Å². The number of benzene rings is 4. The number of anilines is 1. The maximum absolute atomic E-state index is 13.7. The molecule has 7 rings (SSSR count). The number of ether oxygens (including phenoxy) is 1. The Morgan fingerprint density at radius 2 is 1.78 bits per heavy atom. The van der Waals surface area contributed by atoms with Gasteiger partial charge in [-0.05, 0) is 101 Å². The highest BCUT2D eigenvalue weighted by Gasteiger charge is 2.31. The van der Waals surface area contributed by atoms with Gasteiger partial charge >= 0.3 is 5.51 Å². The lowest BCUT2D eigenvalue weighted by molar-refractivity contribution is -0.0329. The van der Waals surface area contributed by atoms with E-state index in [1.54, 1.807) is 24.5 Å². The fourth-order valence-electron chi connectivity index (χ4n) is 6.35. The fraction of sp³-hybridized carbons (Fsp3) is 0.200. The van der Waals surface area contributed by atoms with Crippen LogP contribution in [-0.4, -0.2) is 57.6 Å². The first-order valence-corrected chi connectivity index (χ1v) is 19.1. The highest BCUT2D eigenvalue weighted by molar-refractivity contribution is 8.00. The van der Waals surface area contributed by atoms with Gasteiger partial charge in [-0.3, -0.25) is 14.4 Å². The van der Waals surface area contributed by atoms with Crippen LogP contribution in [0.5, 0.6) is 11.5 Å². The summed E-state index contributed by atoms with van der Waals surface area (Å²) in [5.41, 5.74) is 0.957. The molecule has 8 nitrogen and oxygen atoms in total. The van der Waals surface area contributed by atoms with Crippen LogP contribution in [0.2, 0.25) is 5.02 Å². The van der Waals surface area contributed by atoms with Crippen LogP contribution in [0.1, 0.15) is 34.5 Å². The summed E-state index contributed by atoms with van der Waals surface area (Å²) in [4.78, 5) is 26.0. The molecule has 2 aromatic heterocycles. The Morgan fingerprint density at radius 3 is 2.54 bits per heavy atom. The quantitative estimate of drug-likeness (QED) is 0.0883. The monoisotopic (exact) mass is 789 g/mol. The van der Waals surface area contributed by atoms with Crippen molar-refractivity contribution in [1.29, 1.82) is 0 Å². The van der Waals surface area contributed by atoms with E-state index in [-0.39, 0.29) is 27.8 Å². The van der Waals surface area contributed by atoms with E-state index in [4.69, 9.17) is 16.3 Å². The smallest absolute Gasteiger partial charge is 0.446 e. The SMILES string of the molecule is CC(O)c1ccc(SNC(=O)c2ccc(N3CCN(Cc4ccccc4-c4ccc(Cl)cc4)CC3)cc2Oc2cnc3[nH]ccc3c2)cc1SC(F)(F)F. The molecular weight excluding hydrogens is 755 g/mol. The Kier molecular flexibility index (Phi) is 11.4. The summed E-state index contributed by atoms with van der Waals surface area (Å²) in [5.74, 6) is 0.248. The standard InChI is InChI=1S/C40H35ClF3N5O3S2/c1-25(50)33-13-11-32(22-37(33)53-40(42,43)44)54-47-39(51)35-12-10-30(21-36(35)52-31-20-27-14-15-45-38(27)46-23-31)49-18-16-48(17-19-49)24-28-4-2-3-5-34(28)26-6-8-29(41)9-7-26/h2-15,20-23,25,50H,16-19,24H2,1H3,(H,45,46)(H,47,51). The minimum absolute atomic E-state index is 0.136. The van der Waals surface area contributed by atoms with Gasteiger partial charge < -0.3 is 19.7 Å². The number of aromatic amines is 1. The van der Waals surface area contributed by atoms with E-state index in [9.17, 15) is 23.1 Å². The molecule has 3 N–H and O–H groups in total. The number of alkyl halides is 3. The van der Waals surface area contributed by atoms with Crippen molar-refractivity contribution in [2.45, 2.75) is 34.9 Å². The molecule has 1 unspecified atom stereocenters. The molecule has 14 heteroatoms. The summed E-state index contributed by atoms with van der Waals surface area (Å²) in [6.07, 6.45) is 2.26. The van der Waals surface area contributed by atoms with Gasteiger partial charge in [0.2, 0.25) is 0 Å². The van der Waals surface area contributed by atoms with E-state index in [1.807, 2.05) is 54.6 Å². The van der Waals surface area contributed by atoms with E-state index in [2.05, 4.69) is 42.7 Å². The van der Waals surface area contributed by atoms with Crippen LogP contribution in [0.25, 0.3) is 22.2 Å². The number of carbonyl (C=O) groups is 1. The molecule has 0 saturated carbocycles. The van der Waals surface area contributed by atoms with Crippen molar-refractivity contribution >= 4 is 57.9 Å². The summed E-state index contributed by atoms with van der Waals surface area (Å²) >= 11 is 6.71. The number of hydrogen-bond donors (Lipinski definition) is 3. The number of nitrogens with zero attached hydrogens (tertiary/aromatic N) is 3. The summed E-state index contributed by atoms with van der Waals surface area (Å²) in [6, 6.07) is 29.7. The maximum Gasteiger partial charge on any atom is 0.446 e. The lowest BCUT2D eigenvalue weighted by atomic mass is 9.99. The number of aliphatic hydroxyl groups excluding tert-OH is 1. The zero-order valence-electron chi connectivity index (χ0n) is 28.9. The van der Waals surface area contributed by atoms with E-state index < -0.39 is 17.5 Å². The number of pyridine rings is 1. The summed E-state index contributed by atoms with van der Waals surface area (Å²) in [7, 11) is 0. The number of nitrogens with one attached hydrogen (secondary N) is 2. The number of fused-ring (bicyclic) bond motifs is 1. The van der Waals surface area contributed by atoms with Crippen LogP contribution in [0.3, 0.4) is 0 Å². The second-order valence-electron chi connectivity index (χ2n) is 12.8. The summed E-state index contributed by atoms with van der Waals surface area (Å²) in [5, 5.41) is 11.6. The average Bonchev–Trinajstić information content (AvgIpc) is 3.62. The van der Waals surface area contributed by atoms with Gasteiger partial charge in [0.15, 0.2) is 0 Å². The lowest BCUT2D eigenvalue weighted by Crippen LogP contribution is -2.46. The van der Waals surface area contributed by atoms with Gasteiger partial charge in [0.05, 0.1) is 17.9 Å². The molecule has 0 spiro atoms. The molecule has 4 aromatic carbocycles. The predicted octanol–water partition coefficient (Wildman–Crippen LogP) is 10.1. The van der Waals surface area contributed by atoms with Gasteiger partial charge in [0.1, 0.15) is 17.1 Å². The number of rotatable bonds is 11. The van der Waals surface area contributed by atoms with Crippen LogP contribution in [0.4, 0.5) is 18.9 Å². The van der Waals surface area contributed by atoms with Crippen molar-refractivity contribution in [3.63, 3.8) is 0 Å². The zero-order chi connectivity index (χ0) is 37.8. The van der Waals surface area contributed by atoms with Crippen molar-refractivity contribution < 1.29 is 27.8 Å². The first-order chi connectivity index (χ1) is 26.0. The predicted molar refractivity (Wildman–Crippen MR) is 209 cm³/mol.